The molecule has 0 bridgehead atoms. The van der Waals surface area contributed by atoms with Crippen molar-refractivity contribution in [2.75, 3.05) is 0 Å². The molecule has 0 aliphatic carbocycles. The Morgan fingerprint density at radius 1 is 1.25 bits per heavy atom. The molecule has 1 saturated heterocycles. The molecular formula is C16H13N3O4S. The molecule has 7 nitrogen and oxygen atoms in total. The van der Waals surface area contributed by atoms with E-state index in [1.54, 1.807) is 18.2 Å². The Kier molecular flexibility index (Phi) is 3.98. The molecule has 2 aromatic rings. The fraction of sp³-hybridized carbons (Fsp3) is 0.125. The van der Waals surface area contributed by atoms with Crippen molar-refractivity contribution in [1.29, 1.82) is 0 Å². The van der Waals surface area contributed by atoms with E-state index in [9.17, 15) is 19.7 Å². The predicted octanol–water partition coefficient (Wildman–Crippen LogP) is 3.33. The number of carbonyl (C=O) groups is 2. The summed E-state index contributed by atoms with van der Waals surface area (Å²) in [6.07, 6.45) is 1.65. The van der Waals surface area contributed by atoms with Crippen LogP contribution in [0.4, 0.5) is 10.5 Å². The number of nitrogens with one attached hydrogen (secondary N) is 1. The topological polar surface area (TPSA) is 94.2 Å². The van der Waals surface area contributed by atoms with E-state index in [0.717, 1.165) is 28.7 Å². The molecule has 0 atom stereocenters. The smallest absolute Gasteiger partial charge is 0.290 e. The summed E-state index contributed by atoms with van der Waals surface area (Å²) < 4.78 is 1.87. The zero-order chi connectivity index (χ0) is 17.4. The summed E-state index contributed by atoms with van der Waals surface area (Å²) in [6.45, 7) is 3.73. The third kappa shape index (κ3) is 2.83. The number of carbonyl (C=O) groups excluding carboxylic acids is 2. The van der Waals surface area contributed by atoms with Gasteiger partial charge >= 0.3 is 0 Å². The van der Waals surface area contributed by atoms with Crippen molar-refractivity contribution in [3.05, 3.63) is 62.3 Å². The minimum atomic E-state index is -0.439. The molecule has 1 aliphatic rings. The maximum absolute atomic E-state index is 11.7. The van der Waals surface area contributed by atoms with Gasteiger partial charge < -0.3 is 4.57 Å². The van der Waals surface area contributed by atoms with E-state index in [4.69, 9.17) is 0 Å². The molecule has 2 amide bonds. The van der Waals surface area contributed by atoms with Gasteiger partial charge in [0.05, 0.1) is 15.5 Å². The molecule has 3 rings (SSSR count). The van der Waals surface area contributed by atoms with Crippen molar-refractivity contribution in [3.8, 4) is 5.69 Å². The van der Waals surface area contributed by atoms with Crippen LogP contribution in [0.1, 0.15) is 17.0 Å². The molecule has 1 N–H and O–H groups in total. The normalized spacial score (nSPS) is 15.8. The van der Waals surface area contributed by atoms with Crippen LogP contribution in [0.15, 0.2) is 35.2 Å². The van der Waals surface area contributed by atoms with E-state index in [1.807, 2.05) is 24.5 Å². The zero-order valence-corrected chi connectivity index (χ0v) is 13.7. The van der Waals surface area contributed by atoms with E-state index < -0.39 is 16.1 Å². The molecule has 1 aliphatic heterocycles. The molecule has 8 heteroatoms. The first-order chi connectivity index (χ1) is 11.4. The first-order valence-corrected chi connectivity index (χ1v) is 7.87. The molecule has 1 aromatic carbocycles. The van der Waals surface area contributed by atoms with Gasteiger partial charge in [-0.1, -0.05) is 6.07 Å². The van der Waals surface area contributed by atoms with E-state index >= 15 is 0 Å². The zero-order valence-electron chi connectivity index (χ0n) is 12.9. The van der Waals surface area contributed by atoms with Gasteiger partial charge in [-0.3, -0.25) is 25.0 Å². The van der Waals surface area contributed by atoms with E-state index in [0.29, 0.717) is 10.6 Å². The van der Waals surface area contributed by atoms with Crippen LogP contribution < -0.4 is 5.32 Å². The minimum Gasteiger partial charge on any atom is -0.318 e. The number of nitro benzene ring substituents is 1. The monoisotopic (exact) mass is 343 g/mol. The highest BCUT2D eigenvalue weighted by atomic mass is 32.2. The lowest BCUT2D eigenvalue weighted by Crippen LogP contribution is -2.17. The van der Waals surface area contributed by atoms with Crippen LogP contribution >= 0.6 is 11.8 Å². The maximum atomic E-state index is 11.7. The number of aromatic nitrogens is 1. The van der Waals surface area contributed by atoms with Crippen molar-refractivity contribution < 1.29 is 14.5 Å². The van der Waals surface area contributed by atoms with Crippen molar-refractivity contribution in [2.45, 2.75) is 13.8 Å². The molecule has 0 saturated carbocycles. The number of benzene rings is 1. The van der Waals surface area contributed by atoms with Gasteiger partial charge in [-0.2, -0.15) is 0 Å². The number of nitro groups is 1. The number of amides is 2. The van der Waals surface area contributed by atoms with E-state index in [-0.39, 0.29) is 5.69 Å². The molecule has 122 valence electrons. The van der Waals surface area contributed by atoms with Crippen LogP contribution in [-0.4, -0.2) is 20.6 Å². The molecule has 0 unspecified atom stereocenters. The SMILES string of the molecule is Cc1cc(C=C2SC(=O)NC2=O)c(C)n1-c1cccc([N+](=O)[O-])c1. The second-order valence-corrected chi connectivity index (χ2v) is 6.31. The van der Waals surface area contributed by atoms with Crippen LogP contribution in [0.2, 0.25) is 0 Å². The minimum absolute atomic E-state index is 0.0104. The lowest BCUT2D eigenvalue weighted by atomic mass is 10.2. The quantitative estimate of drug-likeness (QED) is 0.524. The summed E-state index contributed by atoms with van der Waals surface area (Å²) in [6, 6.07) is 8.22. The Morgan fingerprint density at radius 3 is 2.62 bits per heavy atom. The highest BCUT2D eigenvalue weighted by molar-refractivity contribution is 8.18. The molecule has 2 heterocycles. The Balaban J connectivity index is 2.06. The third-order valence-corrected chi connectivity index (χ3v) is 4.51. The number of hydrogen-bond donors (Lipinski definition) is 1. The summed E-state index contributed by atoms with van der Waals surface area (Å²) >= 11 is 0.857. The van der Waals surface area contributed by atoms with Crippen molar-refractivity contribution in [1.82, 2.24) is 9.88 Å². The largest absolute Gasteiger partial charge is 0.318 e. The highest BCUT2D eigenvalue weighted by Gasteiger charge is 2.25. The van der Waals surface area contributed by atoms with Crippen LogP contribution in [0.25, 0.3) is 11.8 Å². The van der Waals surface area contributed by atoms with E-state index in [1.165, 1.54) is 12.1 Å². The van der Waals surface area contributed by atoms with Crippen LogP contribution in [-0.2, 0) is 4.79 Å². The highest BCUT2D eigenvalue weighted by Crippen LogP contribution is 2.29. The Bertz CT molecular complexity index is 914. The number of hydrogen-bond acceptors (Lipinski definition) is 5. The summed E-state index contributed by atoms with van der Waals surface area (Å²) in [4.78, 5) is 33.8. The average Bonchev–Trinajstić information content (AvgIpc) is 2.98. The van der Waals surface area contributed by atoms with Crippen LogP contribution in [0.3, 0.4) is 0 Å². The number of non-ortho nitro benzene ring substituents is 1. The van der Waals surface area contributed by atoms with Crippen LogP contribution in [0, 0.1) is 24.0 Å². The second kappa shape index (κ2) is 5.97. The Morgan fingerprint density at radius 2 is 2.00 bits per heavy atom. The van der Waals surface area contributed by atoms with Gasteiger partial charge in [-0.15, -0.1) is 0 Å². The van der Waals surface area contributed by atoms with Gasteiger partial charge in [-0.25, -0.2) is 0 Å². The summed E-state index contributed by atoms with van der Waals surface area (Å²) in [7, 11) is 0. The van der Waals surface area contributed by atoms with Gasteiger partial charge in [0, 0.05) is 23.5 Å². The molecular weight excluding hydrogens is 330 g/mol. The number of imide groups is 1. The van der Waals surface area contributed by atoms with Gasteiger partial charge in [0.1, 0.15) is 0 Å². The molecule has 1 aromatic heterocycles. The predicted molar refractivity (Wildman–Crippen MR) is 91.0 cm³/mol. The summed E-state index contributed by atoms with van der Waals surface area (Å²) in [5.41, 5.74) is 3.16. The third-order valence-electron chi connectivity index (χ3n) is 3.70. The maximum Gasteiger partial charge on any atom is 0.290 e. The van der Waals surface area contributed by atoms with Gasteiger partial charge in [0.2, 0.25) is 0 Å². The number of rotatable bonds is 3. The first kappa shape index (κ1) is 16.0. The van der Waals surface area contributed by atoms with Crippen molar-refractivity contribution in [3.63, 3.8) is 0 Å². The average molecular weight is 343 g/mol. The fourth-order valence-corrected chi connectivity index (χ4v) is 3.31. The summed E-state index contributed by atoms with van der Waals surface area (Å²) in [5.74, 6) is -0.412. The lowest BCUT2D eigenvalue weighted by Gasteiger charge is -2.09. The molecule has 24 heavy (non-hydrogen) atoms. The Hall–Kier alpha value is -2.87. The standard InChI is InChI=1S/C16H13N3O4S/c1-9-6-11(7-14-15(20)17-16(21)24-14)10(2)18(9)12-4-3-5-13(8-12)19(22)23/h3-8H,1-2H3,(H,17,20,21). The van der Waals surface area contributed by atoms with E-state index in [2.05, 4.69) is 5.32 Å². The molecule has 1 fully saturated rings. The molecule has 0 radical (unpaired) electrons. The molecule has 0 spiro atoms. The van der Waals surface area contributed by atoms with Gasteiger partial charge in [0.15, 0.2) is 0 Å². The lowest BCUT2D eigenvalue weighted by molar-refractivity contribution is -0.384. The van der Waals surface area contributed by atoms with Crippen LogP contribution in [0.5, 0.6) is 0 Å². The fourth-order valence-electron chi connectivity index (χ4n) is 2.64. The van der Waals surface area contributed by atoms with Gasteiger partial charge in [-0.05, 0) is 49.4 Å². The summed E-state index contributed by atoms with van der Waals surface area (Å²) in [5, 5.41) is 12.8. The van der Waals surface area contributed by atoms with Gasteiger partial charge in [0.25, 0.3) is 16.8 Å². The number of thioether (sulfide) groups is 1. The Labute approximate surface area is 141 Å². The number of nitrogens with zero attached hydrogens (tertiary/aromatic N) is 2. The second-order valence-electron chi connectivity index (χ2n) is 5.29. The van der Waals surface area contributed by atoms with Crippen molar-refractivity contribution in [2.24, 2.45) is 0 Å². The van der Waals surface area contributed by atoms with Crippen molar-refractivity contribution >= 4 is 34.7 Å². The first-order valence-electron chi connectivity index (χ1n) is 7.05. The number of aryl methyl sites for hydroxylation is 1.